The van der Waals surface area contributed by atoms with E-state index in [4.69, 9.17) is 4.52 Å². The lowest BCUT2D eigenvalue weighted by atomic mass is 10.2. The summed E-state index contributed by atoms with van der Waals surface area (Å²) >= 11 is 0. The van der Waals surface area contributed by atoms with Crippen LogP contribution in [0.4, 0.5) is 0 Å². The number of carbonyl (C=O) groups is 1. The van der Waals surface area contributed by atoms with Crippen LogP contribution in [0, 0.1) is 0 Å². The summed E-state index contributed by atoms with van der Waals surface area (Å²) in [7, 11) is 0. The van der Waals surface area contributed by atoms with Gasteiger partial charge in [0.05, 0.1) is 6.07 Å². The summed E-state index contributed by atoms with van der Waals surface area (Å²) in [6.45, 7) is 5.99. The first kappa shape index (κ1) is 12.9. The molecule has 1 atom stereocenters. The SMILES string of the molecule is CC(C)N1CCC[C@H]1CNC(=O)c1cc(=O)[nH]o1. The third-order valence-electron chi connectivity index (χ3n) is 3.33. The average Bonchev–Trinajstić information content (AvgIpc) is 2.94. The number of hydrogen-bond donors (Lipinski definition) is 2. The molecule has 0 spiro atoms. The first-order valence-corrected chi connectivity index (χ1v) is 6.30. The molecule has 0 saturated carbocycles. The van der Waals surface area contributed by atoms with E-state index in [1.807, 2.05) is 0 Å². The number of aromatic nitrogens is 1. The molecule has 0 aliphatic carbocycles. The molecule has 1 aliphatic heterocycles. The van der Waals surface area contributed by atoms with E-state index in [2.05, 4.69) is 29.2 Å². The van der Waals surface area contributed by atoms with E-state index in [9.17, 15) is 9.59 Å². The molecule has 6 nitrogen and oxygen atoms in total. The van der Waals surface area contributed by atoms with E-state index in [1.54, 1.807) is 0 Å². The van der Waals surface area contributed by atoms with E-state index in [-0.39, 0.29) is 11.7 Å². The van der Waals surface area contributed by atoms with Crippen molar-refractivity contribution in [3.8, 4) is 0 Å². The highest BCUT2D eigenvalue weighted by Crippen LogP contribution is 2.19. The molecule has 2 N–H and O–H groups in total. The molecule has 0 bridgehead atoms. The standard InChI is InChI=1S/C12H19N3O3/c1-8(2)15-5-3-4-9(15)7-13-12(17)10-6-11(16)14-18-10/h6,8-9H,3-5,7H2,1-2H3,(H,13,17)(H,14,16)/t9-/m0/s1. The summed E-state index contributed by atoms with van der Waals surface area (Å²) < 4.78 is 4.75. The number of hydrogen-bond acceptors (Lipinski definition) is 4. The lowest BCUT2D eigenvalue weighted by Crippen LogP contribution is -2.43. The summed E-state index contributed by atoms with van der Waals surface area (Å²) in [4.78, 5) is 25.0. The van der Waals surface area contributed by atoms with Gasteiger partial charge in [-0.15, -0.1) is 0 Å². The molecule has 0 aromatic carbocycles. The van der Waals surface area contributed by atoms with E-state index in [0.29, 0.717) is 18.6 Å². The quantitative estimate of drug-likeness (QED) is 0.822. The second-order valence-corrected chi connectivity index (χ2v) is 4.91. The van der Waals surface area contributed by atoms with Gasteiger partial charge in [0.15, 0.2) is 0 Å². The Morgan fingerprint density at radius 1 is 1.67 bits per heavy atom. The molecular weight excluding hydrogens is 234 g/mol. The number of nitrogens with one attached hydrogen (secondary N) is 2. The summed E-state index contributed by atoms with van der Waals surface area (Å²) in [5.41, 5.74) is -0.398. The van der Waals surface area contributed by atoms with Crippen LogP contribution in [0.5, 0.6) is 0 Å². The molecule has 1 aromatic rings. The number of amides is 1. The maximum atomic E-state index is 11.7. The first-order chi connectivity index (χ1) is 8.58. The molecule has 18 heavy (non-hydrogen) atoms. The molecule has 1 fully saturated rings. The van der Waals surface area contributed by atoms with Crippen LogP contribution >= 0.6 is 0 Å². The van der Waals surface area contributed by atoms with Crippen LogP contribution in [0.2, 0.25) is 0 Å². The van der Waals surface area contributed by atoms with Crippen LogP contribution in [0.1, 0.15) is 37.2 Å². The van der Waals surface area contributed by atoms with Crippen molar-refractivity contribution in [3.05, 3.63) is 22.2 Å². The predicted molar refractivity (Wildman–Crippen MR) is 66.5 cm³/mol. The van der Waals surface area contributed by atoms with Crippen molar-refractivity contribution in [2.24, 2.45) is 0 Å². The van der Waals surface area contributed by atoms with Gasteiger partial charge in [0, 0.05) is 18.6 Å². The Morgan fingerprint density at radius 2 is 2.44 bits per heavy atom. The van der Waals surface area contributed by atoms with Crippen molar-refractivity contribution in [3.63, 3.8) is 0 Å². The Bertz CT molecular complexity index is 463. The molecule has 6 heteroatoms. The molecule has 1 aliphatic rings. The minimum absolute atomic E-state index is 0.0362. The monoisotopic (exact) mass is 253 g/mol. The van der Waals surface area contributed by atoms with Crippen molar-refractivity contribution in [1.82, 2.24) is 15.4 Å². The Morgan fingerprint density at radius 3 is 3.06 bits per heavy atom. The zero-order chi connectivity index (χ0) is 13.1. The average molecular weight is 253 g/mol. The summed E-state index contributed by atoms with van der Waals surface area (Å²) in [6, 6.07) is 2.02. The molecule has 100 valence electrons. The molecule has 0 unspecified atom stereocenters. The smallest absolute Gasteiger partial charge is 0.289 e. The van der Waals surface area contributed by atoms with Crippen molar-refractivity contribution in [1.29, 1.82) is 0 Å². The Labute approximate surface area is 105 Å². The Balaban J connectivity index is 1.88. The number of nitrogens with zero attached hydrogens (tertiary/aromatic N) is 1. The Hall–Kier alpha value is -1.56. The normalized spacial score (nSPS) is 20.5. The first-order valence-electron chi connectivity index (χ1n) is 6.30. The van der Waals surface area contributed by atoms with Gasteiger partial charge >= 0.3 is 0 Å². The van der Waals surface area contributed by atoms with Gasteiger partial charge in [0.25, 0.3) is 11.5 Å². The number of rotatable bonds is 4. The fraction of sp³-hybridized carbons (Fsp3) is 0.667. The second-order valence-electron chi connectivity index (χ2n) is 4.91. The number of carbonyl (C=O) groups excluding carboxylic acids is 1. The molecule has 2 heterocycles. The molecule has 1 aromatic heterocycles. The molecule has 1 amide bonds. The molecule has 0 radical (unpaired) electrons. The van der Waals surface area contributed by atoms with Crippen LogP contribution in [-0.4, -0.2) is 41.1 Å². The second kappa shape index (κ2) is 5.39. The van der Waals surface area contributed by atoms with Crippen LogP contribution in [0.3, 0.4) is 0 Å². The van der Waals surface area contributed by atoms with E-state index in [0.717, 1.165) is 25.5 Å². The van der Waals surface area contributed by atoms with Crippen LogP contribution in [-0.2, 0) is 0 Å². The maximum Gasteiger partial charge on any atom is 0.289 e. The maximum absolute atomic E-state index is 11.7. The van der Waals surface area contributed by atoms with Crippen LogP contribution < -0.4 is 10.9 Å². The molecular formula is C12H19N3O3. The fourth-order valence-electron chi connectivity index (χ4n) is 2.45. The minimum atomic E-state index is -0.398. The summed E-state index contributed by atoms with van der Waals surface area (Å²) in [5.74, 6) is -0.307. The van der Waals surface area contributed by atoms with E-state index >= 15 is 0 Å². The highest BCUT2D eigenvalue weighted by atomic mass is 16.5. The van der Waals surface area contributed by atoms with Crippen molar-refractivity contribution >= 4 is 5.91 Å². The van der Waals surface area contributed by atoms with Crippen LogP contribution in [0.15, 0.2) is 15.4 Å². The van der Waals surface area contributed by atoms with Crippen LogP contribution in [0.25, 0.3) is 0 Å². The lowest BCUT2D eigenvalue weighted by molar-refractivity contribution is 0.0898. The predicted octanol–water partition coefficient (Wildman–Crippen LogP) is 0.571. The van der Waals surface area contributed by atoms with Gasteiger partial charge in [0.1, 0.15) is 0 Å². The van der Waals surface area contributed by atoms with Crippen molar-refractivity contribution in [2.75, 3.05) is 13.1 Å². The lowest BCUT2D eigenvalue weighted by Gasteiger charge is -2.28. The van der Waals surface area contributed by atoms with Gasteiger partial charge in [-0.1, -0.05) is 0 Å². The third kappa shape index (κ3) is 2.81. The van der Waals surface area contributed by atoms with Gasteiger partial charge < -0.3 is 9.84 Å². The van der Waals surface area contributed by atoms with Gasteiger partial charge in [-0.25, -0.2) is 0 Å². The zero-order valence-corrected chi connectivity index (χ0v) is 10.7. The largest absolute Gasteiger partial charge is 0.373 e. The molecule has 1 saturated heterocycles. The van der Waals surface area contributed by atoms with Gasteiger partial charge in [-0.3, -0.25) is 14.5 Å². The van der Waals surface area contributed by atoms with Gasteiger partial charge in [0.2, 0.25) is 5.76 Å². The number of aromatic amines is 1. The number of H-pyrrole nitrogens is 1. The van der Waals surface area contributed by atoms with Crippen molar-refractivity contribution < 1.29 is 9.32 Å². The third-order valence-corrected chi connectivity index (χ3v) is 3.33. The molecule has 2 rings (SSSR count). The minimum Gasteiger partial charge on any atom is -0.373 e. The summed E-state index contributed by atoms with van der Waals surface area (Å²) in [6.07, 6.45) is 2.26. The van der Waals surface area contributed by atoms with E-state index < -0.39 is 5.56 Å². The highest BCUT2D eigenvalue weighted by Gasteiger charge is 2.27. The van der Waals surface area contributed by atoms with Gasteiger partial charge in [-0.2, -0.15) is 5.16 Å². The topological polar surface area (TPSA) is 78.3 Å². The van der Waals surface area contributed by atoms with E-state index in [1.165, 1.54) is 0 Å². The fourth-order valence-corrected chi connectivity index (χ4v) is 2.45. The number of likely N-dealkylation sites (tertiary alicyclic amines) is 1. The zero-order valence-electron chi connectivity index (χ0n) is 10.7. The van der Waals surface area contributed by atoms with Gasteiger partial charge in [-0.05, 0) is 33.2 Å². The Kier molecular flexibility index (Phi) is 3.86. The highest BCUT2D eigenvalue weighted by molar-refractivity contribution is 5.91. The van der Waals surface area contributed by atoms with Crippen molar-refractivity contribution in [2.45, 2.75) is 38.8 Å². The summed E-state index contributed by atoms with van der Waals surface area (Å²) in [5, 5.41) is 4.91.